The van der Waals surface area contributed by atoms with Gasteiger partial charge in [0, 0.05) is 21.0 Å². The molecule has 0 fully saturated rings. The van der Waals surface area contributed by atoms with Gasteiger partial charge in [-0.05, 0) is 38.5 Å². The Bertz CT molecular complexity index is 436. The second kappa shape index (κ2) is 7.22. The number of esters is 2. The molecule has 0 saturated carbocycles. The van der Waals surface area contributed by atoms with Gasteiger partial charge in [0.15, 0.2) is 0 Å². The topological polar surface area (TPSA) is 52.6 Å². The van der Waals surface area contributed by atoms with Crippen molar-refractivity contribution in [3.8, 4) is 0 Å². The Morgan fingerprint density at radius 2 is 1.20 bits per heavy atom. The van der Waals surface area contributed by atoms with Gasteiger partial charge in [-0.15, -0.1) is 0 Å². The zero-order chi connectivity index (χ0) is 14.5. The van der Waals surface area contributed by atoms with E-state index in [9.17, 15) is 9.59 Å². The Balaban J connectivity index is 2.04. The highest BCUT2D eigenvalue weighted by Gasteiger charge is 2.25. The normalized spacial score (nSPS) is 18.7. The molecule has 0 amide bonds. The molecule has 0 aromatic carbocycles. The first-order valence-corrected chi connectivity index (χ1v) is 8.77. The number of rotatable bonds is 5. The molecule has 2 aliphatic rings. The molecule has 0 atom stereocenters. The zero-order valence-electron chi connectivity index (χ0n) is 11.7. The lowest BCUT2D eigenvalue weighted by Crippen LogP contribution is -2.04. The maximum Gasteiger partial charge on any atom is 0.334 e. The van der Waals surface area contributed by atoms with Gasteiger partial charge in [-0.1, -0.05) is 21.6 Å². The minimum atomic E-state index is -0.223. The van der Waals surface area contributed by atoms with Gasteiger partial charge in [0.05, 0.1) is 14.2 Å². The number of ether oxygens (including phenoxy) is 2. The van der Waals surface area contributed by atoms with E-state index in [1.165, 1.54) is 14.2 Å². The van der Waals surface area contributed by atoms with Crippen molar-refractivity contribution in [2.75, 3.05) is 14.2 Å². The lowest BCUT2D eigenvalue weighted by Gasteiger charge is -2.07. The fourth-order valence-corrected chi connectivity index (χ4v) is 5.33. The minimum Gasteiger partial charge on any atom is -0.466 e. The Hall–Kier alpha value is -0.880. The summed E-state index contributed by atoms with van der Waals surface area (Å²) in [7, 11) is 6.02. The van der Waals surface area contributed by atoms with Crippen LogP contribution in [0.2, 0.25) is 0 Å². The number of allylic oxidation sites excluding steroid dienone is 2. The second-order valence-electron chi connectivity index (χ2n) is 4.66. The van der Waals surface area contributed by atoms with Gasteiger partial charge in [-0.25, -0.2) is 9.59 Å². The van der Waals surface area contributed by atoms with Crippen LogP contribution in [-0.4, -0.2) is 26.2 Å². The highest BCUT2D eigenvalue weighted by Crippen LogP contribution is 2.48. The van der Waals surface area contributed by atoms with Crippen LogP contribution in [0.4, 0.5) is 0 Å². The van der Waals surface area contributed by atoms with Crippen molar-refractivity contribution in [1.29, 1.82) is 0 Å². The van der Waals surface area contributed by atoms with E-state index in [0.29, 0.717) is 0 Å². The fourth-order valence-electron chi connectivity index (χ4n) is 2.39. The predicted octanol–water partition coefficient (Wildman–Crippen LogP) is 3.59. The number of methoxy groups -OCH3 is 2. The van der Waals surface area contributed by atoms with Gasteiger partial charge in [0.1, 0.15) is 0 Å². The van der Waals surface area contributed by atoms with Crippen LogP contribution in [0.25, 0.3) is 0 Å². The van der Waals surface area contributed by atoms with E-state index < -0.39 is 0 Å². The van der Waals surface area contributed by atoms with Crippen molar-refractivity contribution < 1.29 is 19.1 Å². The van der Waals surface area contributed by atoms with Crippen LogP contribution < -0.4 is 0 Å². The highest BCUT2D eigenvalue weighted by molar-refractivity contribution is 8.79. The van der Waals surface area contributed by atoms with Gasteiger partial charge in [0.25, 0.3) is 0 Å². The minimum absolute atomic E-state index is 0.223. The van der Waals surface area contributed by atoms with Gasteiger partial charge in [-0.2, -0.15) is 0 Å². The molecule has 20 heavy (non-hydrogen) atoms. The molecule has 6 heteroatoms. The SMILES string of the molecule is COC(=O)C1=C(SSC2=C(C(=O)OC)CCC2)CCC1. The number of hydrogen-bond acceptors (Lipinski definition) is 6. The summed E-state index contributed by atoms with van der Waals surface area (Å²) in [4.78, 5) is 25.5. The molecule has 0 N–H and O–H groups in total. The summed E-state index contributed by atoms with van der Waals surface area (Å²) in [5.74, 6) is -0.446. The van der Waals surface area contributed by atoms with Crippen LogP contribution in [0, 0.1) is 0 Å². The largest absolute Gasteiger partial charge is 0.466 e. The fraction of sp³-hybridized carbons (Fsp3) is 0.571. The Morgan fingerprint density at radius 3 is 1.55 bits per heavy atom. The first-order valence-electron chi connectivity index (χ1n) is 6.62. The first-order chi connectivity index (χ1) is 9.67. The van der Waals surface area contributed by atoms with Gasteiger partial charge in [0.2, 0.25) is 0 Å². The van der Waals surface area contributed by atoms with Crippen LogP contribution in [0.3, 0.4) is 0 Å². The summed E-state index contributed by atoms with van der Waals surface area (Å²) in [5, 5.41) is 0. The third-order valence-corrected chi connectivity index (χ3v) is 6.28. The van der Waals surface area contributed by atoms with Crippen LogP contribution >= 0.6 is 21.6 Å². The molecule has 0 spiro atoms. The van der Waals surface area contributed by atoms with E-state index in [2.05, 4.69) is 0 Å². The second-order valence-corrected chi connectivity index (χ2v) is 6.98. The van der Waals surface area contributed by atoms with E-state index in [-0.39, 0.29) is 11.9 Å². The molecule has 0 radical (unpaired) electrons. The molecule has 0 aromatic heterocycles. The maximum absolute atomic E-state index is 11.7. The lowest BCUT2D eigenvalue weighted by atomic mass is 10.2. The van der Waals surface area contributed by atoms with E-state index >= 15 is 0 Å². The highest BCUT2D eigenvalue weighted by atomic mass is 33.1. The summed E-state index contributed by atoms with van der Waals surface area (Å²) in [6, 6.07) is 0. The summed E-state index contributed by atoms with van der Waals surface area (Å²) in [6.07, 6.45) is 5.41. The average Bonchev–Trinajstić information content (AvgIpc) is 3.11. The average molecular weight is 314 g/mol. The maximum atomic E-state index is 11.7. The van der Waals surface area contributed by atoms with E-state index in [4.69, 9.17) is 9.47 Å². The Kier molecular flexibility index (Phi) is 5.60. The lowest BCUT2D eigenvalue weighted by molar-refractivity contribution is -0.137. The summed E-state index contributed by atoms with van der Waals surface area (Å²) < 4.78 is 9.61. The molecule has 2 rings (SSSR count). The summed E-state index contributed by atoms with van der Waals surface area (Å²) >= 11 is 0. The molecular formula is C14H18O4S2. The Labute approximate surface area is 126 Å². The molecule has 0 aliphatic heterocycles. The smallest absolute Gasteiger partial charge is 0.334 e. The molecule has 110 valence electrons. The van der Waals surface area contributed by atoms with E-state index in [0.717, 1.165) is 59.5 Å². The van der Waals surface area contributed by atoms with E-state index in [1.54, 1.807) is 21.6 Å². The van der Waals surface area contributed by atoms with Gasteiger partial charge >= 0.3 is 11.9 Å². The van der Waals surface area contributed by atoms with Crippen molar-refractivity contribution in [3.63, 3.8) is 0 Å². The summed E-state index contributed by atoms with van der Waals surface area (Å²) in [5.41, 5.74) is 1.59. The Morgan fingerprint density at radius 1 is 0.800 bits per heavy atom. The quantitative estimate of drug-likeness (QED) is 0.571. The molecule has 0 aromatic rings. The molecule has 0 bridgehead atoms. The molecule has 0 heterocycles. The van der Waals surface area contributed by atoms with Crippen molar-refractivity contribution in [1.82, 2.24) is 0 Å². The molecule has 0 unspecified atom stereocenters. The number of carbonyl (C=O) groups excluding carboxylic acids is 2. The predicted molar refractivity (Wildman–Crippen MR) is 81.0 cm³/mol. The van der Waals surface area contributed by atoms with Crippen molar-refractivity contribution >= 4 is 33.5 Å². The zero-order valence-corrected chi connectivity index (χ0v) is 13.3. The first kappa shape index (κ1) is 15.5. The summed E-state index contributed by atoms with van der Waals surface area (Å²) in [6.45, 7) is 0. The molecule has 4 nitrogen and oxygen atoms in total. The van der Waals surface area contributed by atoms with E-state index in [1.807, 2.05) is 0 Å². The molecular weight excluding hydrogens is 296 g/mol. The van der Waals surface area contributed by atoms with Gasteiger partial charge < -0.3 is 9.47 Å². The van der Waals surface area contributed by atoms with Crippen LogP contribution in [-0.2, 0) is 19.1 Å². The third-order valence-electron chi connectivity index (χ3n) is 3.44. The van der Waals surface area contributed by atoms with Crippen LogP contribution in [0.15, 0.2) is 21.0 Å². The van der Waals surface area contributed by atoms with Crippen LogP contribution in [0.1, 0.15) is 38.5 Å². The number of carbonyl (C=O) groups is 2. The number of hydrogen-bond donors (Lipinski definition) is 0. The van der Waals surface area contributed by atoms with Crippen molar-refractivity contribution in [2.24, 2.45) is 0 Å². The van der Waals surface area contributed by atoms with Crippen LogP contribution in [0.5, 0.6) is 0 Å². The molecule has 0 saturated heterocycles. The standard InChI is InChI=1S/C14H18O4S2/c1-17-13(15)9-5-3-7-11(9)19-20-12-8-4-6-10(12)14(16)18-2/h3-8H2,1-2H3. The van der Waals surface area contributed by atoms with Crippen molar-refractivity contribution in [2.45, 2.75) is 38.5 Å². The third kappa shape index (κ3) is 3.41. The molecule has 2 aliphatic carbocycles. The van der Waals surface area contributed by atoms with Gasteiger partial charge in [-0.3, -0.25) is 0 Å². The monoisotopic (exact) mass is 314 g/mol. The van der Waals surface area contributed by atoms with Crippen molar-refractivity contribution in [3.05, 3.63) is 21.0 Å².